The summed E-state index contributed by atoms with van der Waals surface area (Å²) in [5, 5.41) is 5.92. The van der Waals surface area contributed by atoms with Crippen LogP contribution in [0.4, 0.5) is 0 Å². The van der Waals surface area contributed by atoms with Crippen LogP contribution in [0.3, 0.4) is 0 Å². The second-order valence-electron chi connectivity index (χ2n) is 11.2. The van der Waals surface area contributed by atoms with E-state index < -0.39 is 0 Å². The quantitative estimate of drug-likeness (QED) is 0.187. The van der Waals surface area contributed by atoms with Crippen molar-refractivity contribution in [1.82, 2.24) is 23.9 Å². The summed E-state index contributed by atoms with van der Waals surface area (Å²) in [6.07, 6.45) is 0. The van der Waals surface area contributed by atoms with Crippen molar-refractivity contribution in [2.75, 3.05) is 0 Å². The SMILES string of the molecule is O=c1c2ccc3c(c4ccccc4n3-c3nc(-c4ccccc4)c4ccc5ccccc5c4n3)c2sc2nc3ccccc3n12. The molecule has 10 rings (SSSR count). The molecule has 0 saturated heterocycles. The van der Waals surface area contributed by atoms with Crippen LogP contribution in [0, 0.1) is 0 Å². The molecule has 210 valence electrons. The van der Waals surface area contributed by atoms with Gasteiger partial charge in [0.05, 0.1) is 43.4 Å². The van der Waals surface area contributed by atoms with E-state index in [2.05, 4.69) is 65.2 Å². The minimum absolute atomic E-state index is 0.0639. The number of imidazole rings is 1. The fraction of sp³-hybridized carbons (Fsp3) is 0. The molecule has 0 N–H and O–H groups in total. The average Bonchev–Trinajstić information content (AvgIpc) is 3.64. The number of rotatable bonds is 2. The van der Waals surface area contributed by atoms with Crippen LogP contribution >= 0.6 is 11.3 Å². The van der Waals surface area contributed by atoms with Crippen LogP contribution in [0.1, 0.15) is 0 Å². The Labute approximate surface area is 259 Å². The summed E-state index contributed by atoms with van der Waals surface area (Å²) in [4.78, 5) is 30.1. The minimum atomic E-state index is -0.0639. The van der Waals surface area contributed by atoms with E-state index in [0.717, 1.165) is 70.5 Å². The largest absolute Gasteiger partial charge is 0.278 e. The lowest BCUT2D eigenvalue weighted by molar-refractivity contribution is 1.02. The van der Waals surface area contributed by atoms with E-state index in [1.165, 1.54) is 0 Å². The Morgan fingerprint density at radius 2 is 1.29 bits per heavy atom. The molecule has 0 amide bonds. The Morgan fingerprint density at radius 1 is 0.556 bits per heavy atom. The molecule has 45 heavy (non-hydrogen) atoms. The van der Waals surface area contributed by atoms with Crippen LogP contribution in [-0.2, 0) is 0 Å². The third kappa shape index (κ3) is 3.38. The molecule has 7 heteroatoms. The third-order valence-corrected chi connectivity index (χ3v) is 9.86. The van der Waals surface area contributed by atoms with Gasteiger partial charge in [-0.1, -0.05) is 102 Å². The third-order valence-electron chi connectivity index (χ3n) is 8.77. The Morgan fingerprint density at radius 3 is 2.18 bits per heavy atom. The Kier molecular flexibility index (Phi) is 4.93. The molecule has 0 aliphatic rings. The van der Waals surface area contributed by atoms with Crippen molar-refractivity contribution >= 4 is 80.9 Å². The smallest absolute Gasteiger partial charge is 0.266 e. The van der Waals surface area contributed by atoms with Gasteiger partial charge in [-0.3, -0.25) is 9.36 Å². The number of benzene rings is 6. The van der Waals surface area contributed by atoms with Crippen LogP contribution < -0.4 is 5.56 Å². The number of fused-ring (bicyclic) bond motifs is 11. The van der Waals surface area contributed by atoms with E-state index in [4.69, 9.17) is 15.0 Å². The lowest BCUT2D eigenvalue weighted by Crippen LogP contribution is -2.11. The first kappa shape index (κ1) is 24.5. The highest BCUT2D eigenvalue weighted by Crippen LogP contribution is 2.39. The minimum Gasteiger partial charge on any atom is -0.278 e. The average molecular weight is 596 g/mol. The lowest BCUT2D eigenvalue weighted by atomic mass is 10.0. The van der Waals surface area contributed by atoms with Gasteiger partial charge in [0, 0.05) is 27.1 Å². The molecular formula is C38H21N5OS. The molecular weight excluding hydrogens is 575 g/mol. The van der Waals surface area contributed by atoms with Crippen molar-refractivity contribution in [2.24, 2.45) is 0 Å². The second kappa shape index (κ2) is 9.05. The maximum absolute atomic E-state index is 14.0. The molecule has 6 aromatic carbocycles. The molecule has 0 radical (unpaired) electrons. The number of hydrogen-bond donors (Lipinski definition) is 0. The maximum atomic E-state index is 14.0. The van der Waals surface area contributed by atoms with Crippen LogP contribution in [-0.4, -0.2) is 23.9 Å². The van der Waals surface area contributed by atoms with Crippen LogP contribution in [0.5, 0.6) is 0 Å². The highest BCUT2D eigenvalue weighted by molar-refractivity contribution is 7.24. The van der Waals surface area contributed by atoms with Crippen molar-refractivity contribution in [3.05, 3.63) is 138 Å². The zero-order chi connectivity index (χ0) is 29.6. The molecule has 10 aromatic rings. The van der Waals surface area contributed by atoms with Crippen molar-refractivity contribution < 1.29 is 0 Å². The summed E-state index contributed by atoms with van der Waals surface area (Å²) >= 11 is 1.55. The van der Waals surface area contributed by atoms with E-state index in [9.17, 15) is 4.79 Å². The number of nitrogens with zero attached hydrogens (tertiary/aromatic N) is 5. The highest BCUT2D eigenvalue weighted by Gasteiger charge is 2.21. The van der Waals surface area contributed by atoms with Gasteiger partial charge in [0.25, 0.3) is 5.56 Å². The van der Waals surface area contributed by atoms with Gasteiger partial charge in [-0.15, -0.1) is 0 Å². The number of aromatic nitrogens is 5. The van der Waals surface area contributed by atoms with Gasteiger partial charge in [-0.2, -0.15) is 0 Å². The van der Waals surface area contributed by atoms with Crippen molar-refractivity contribution in [3.63, 3.8) is 0 Å². The molecule has 4 heterocycles. The molecule has 0 aliphatic heterocycles. The first-order valence-electron chi connectivity index (χ1n) is 14.8. The summed E-state index contributed by atoms with van der Waals surface area (Å²) in [5.74, 6) is 0.586. The molecule has 0 atom stereocenters. The Hall–Kier alpha value is -5.92. The van der Waals surface area contributed by atoms with Crippen molar-refractivity contribution in [2.45, 2.75) is 0 Å². The summed E-state index contributed by atoms with van der Waals surface area (Å²) in [7, 11) is 0. The van der Waals surface area contributed by atoms with Gasteiger partial charge in [-0.05, 0) is 41.8 Å². The van der Waals surface area contributed by atoms with E-state index in [1.54, 1.807) is 15.7 Å². The van der Waals surface area contributed by atoms with Gasteiger partial charge < -0.3 is 0 Å². The highest BCUT2D eigenvalue weighted by atomic mass is 32.1. The summed E-state index contributed by atoms with van der Waals surface area (Å²) in [6, 6.07) is 43.0. The van der Waals surface area contributed by atoms with E-state index >= 15 is 0 Å². The van der Waals surface area contributed by atoms with E-state index in [-0.39, 0.29) is 5.56 Å². The van der Waals surface area contributed by atoms with Crippen LogP contribution in [0.2, 0.25) is 0 Å². The van der Waals surface area contributed by atoms with Crippen LogP contribution in [0.15, 0.2) is 132 Å². The van der Waals surface area contributed by atoms with E-state index in [0.29, 0.717) is 16.3 Å². The van der Waals surface area contributed by atoms with Crippen molar-refractivity contribution in [1.29, 1.82) is 0 Å². The van der Waals surface area contributed by atoms with Crippen LogP contribution in [0.25, 0.3) is 86.8 Å². The Bertz CT molecular complexity index is 2900. The molecule has 0 aliphatic carbocycles. The van der Waals surface area contributed by atoms with Gasteiger partial charge in [0.2, 0.25) is 5.95 Å². The predicted octanol–water partition coefficient (Wildman–Crippen LogP) is 8.92. The maximum Gasteiger partial charge on any atom is 0.266 e. The normalized spacial score (nSPS) is 12.1. The molecule has 0 spiro atoms. The molecule has 6 nitrogen and oxygen atoms in total. The topological polar surface area (TPSA) is 65.1 Å². The Balaban J connectivity index is 1.37. The summed E-state index contributed by atoms with van der Waals surface area (Å²) in [5.41, 5.74) is 6.30. The number of hydrogen-bond acceptors (Lipinski definition) is 5. The second-order valence-corrected chi connectivity index (χ2v) is 12.2. The molecule has 0 bridgehead atoms. The fourth-order valence-corrected chi connectivity index (χ4v) is 7.95. The zero-order valence-corrected chi connectivity index (χ0v) is 24.5. The fourth-order valence-electron chi connectivity index (χ4n) is 6.77. The van der Waals surface area contributed by atoms with Crippen molar-refractivity contribution in [3.8, 4) is 17.2 Å². The van der Waals surface area contributed by atoms with Gasteiger partial charge in [-0.25, -0.2) is 19.4 Å². The monoisotopic (exact) mass is 595 g/mol. The summed E-state index contributed by atoms with van der Waals surface area (Å²) in [6.45, 7) is 0. The van der Waals surface area contributed by atoms with Gasteiger partial charge in [0.15, 0.2) is 4.96 Å². The van der Waals surface area contributed by atoms with Gasteiger partial charge in [0.1, 0.15) is 0 Å². The predicted molar refractivity (Wildman–Crippen MR) is 185 cm³/mol. The molecule has 0 fully saturated rings. The summed E-state index contributed by atoms with van der Waals surface area (Å²) < 4.78 is 4.78. The van der Waals surface area contributed by atoms with E-state index in [1.807, 2.05) is 66.7 Å². The first-order chi connectivity index (χ1) is 22.2. The molecule has 0 saturated carbocycles. The number of para-hydroxylation sites is 3. The standard InChI is InChI=1S/C38H21N5OS/c44-36-27-20-21-31-32(35(27)45-38-39-28-15-7-9-17-30(28)43(36)38)25-14-6-8-16-29(25)42(31)37-40-33(23-11-2-1-3-12-23)26-19-18-22-10-4-5-13-24(22)34(26)41-37/h1-21H. The molecule has 4 aromatic heterocycles. The lowest BCUT2D eigenvalue weighted by Gasteiger charge is -2.13. The molecule has 0 unspecified atom stereocenters. The first-order valence-corrected chi connectivity index (χ1v) is 15.6. The van der Waals surface area contributed by atoms with Gasteiger partial charge >= 0.3 is 0 Å². The zero-order valence-electron chi connectivity index (χ0n) is 23.7.